The Labute approximate surface area is 109 Å². The average molecular weight is 305 g/mol. The third-order valence-corrected chi connectivity index (χ3v) is 4.60. The Hall–Kier alpha value is -0.390. The summed E-state index contributed by atoms with van der Waals surface area (Å²) in [6, 6.07) is 1.56. The molecule has 1 aromatic rings. The molecule has 0 unspecified atom stereocenters. The second-order valence-electron chi connectivity index (χ2n) is 3.82. The standard InChI is InChI=1S/C11H17BrN2OS/c1-3-7(2)10(13)11(15)14-6-9-8(12)4-5-16-9/h4-5,7,10H,3,6,13H2,1-2H3,(H,14,15)/t7-,10-/m0/s1. The van der Waals surface area contributed by atoms with Gasteiger partial charge in [0.15, 0.2) is 0 Å². The average Bonchev–Trinajstić information content (AvgIpc) is 2.69. The van der Waals surface area contributed by atoms with Gasteiger partial charge in [-0.3, -0.25) is 4.79 Å². The summed E-state index contributed by atoms with van der Waals surface area (Å²) in [6.45, 7) is 4.57. The smallest absolute Gasteiger partial charge is 0.237 e. The molecule has 0 aromatic carbocycles. The van der Waals surface area contributed by atoms with Crippen LogP contribution in [0.2, 0.25) is 0 Å². The van der Waals surface area contributed by atoms with Gasteiger partial charge in [-0.2, -0.15) is 0 Å². The van der Waals surface area contributed by atoms with Crippen LogP contribution in [0.1, 0.15) is 25.1 Å². The Bertz CT molecular complexity index is 354. The van der Waals surface area contributed by atoms with Gasteiger partial charge in [0.1, 0.15) is 0 Å². The van der Waals surface area contributed by atoms with Crippen molar-refractivity contribution >= 4 is 33.2 Å². The van der Waals surface area contributed by atoms with Crippen molar-refractivity contribution in [2.75, 3.05) is 0 Å². The Morgan fingerprint density at radius 3 is 2.88 bits per heavy atom. The Kier molecular flexibility index (Phi) is 5.44. The van der Waals surface area contributed by atoms with Crippen LogP contribution < -0.4 is 11.1 Å². The number of nitrogens with one attached hydrogen (secondary N) is 1. The fourth-order valence-electron chi connectivity index (χ4n) is 1.25. The summed E-state index contributed by atoms with van der Waals surface area (Å²) in [5, 5.41) is 4.84. The van der Waals surface area contributed by atoms with Gasteiger partial charge in [-0.15, -0.1) is 11.3 Å². The first-order valence-corrected chi connectivity index (χ1v) is 6.98. The van der Waals surface area contributed by atoms with E-state index < -0.39 is 6.04 Å². The minimum atomic E-state index is -0.413. The molecule has 0 bridgehead atoms. The SMILES string of the molecule is CC[C@H](C)[C@H](N)C(=O)NCc1sccc1Br. The van der Waals surface area contributed by atoms with Crippen LogP contribution in [0.15, 0.2) is 15.9 Å². The summed E-state index contributed by atoms with van der Waals surface area (Å²) in [5.41, 5.74) is 5.83. The summed E-state index contributed by atoms with van der Waals surface area (Å²) in [5.74, 6) is 0.140. The fourth-order valence-corrected chi connectivity index (χ4v) is 2.68. The highest BCUT2D eigenvalue weighted by Crippen LogP contribution is 2.22. The number of amides is 1. The molecular weight excluding hydrogens is 288 g/mol. The number of carbonyl (C=O) groups is 1. The van der Waals surface area contributed by atoms with Crippen molar-refractivity contribution in [1.82, 2.24) is 5.32 Å². The zero-order valence-corrected chi connectivity index (χ0v) is 11.9. The zero-order valence-electron chi connectivity index (χ0n) is 9.50. The van der Waals surface area contributed by atoms with Crippen LogP contribution in [0.25, 0.3) is 0 Å². The molecule has 3 nitrogen and oxygen atoms in total. The van der Waals surface area contributed by atoms with E-state index in [2.05, 4.69) is 21.2 Å². The lowest BCUT2D eigenvalue weighted by molar-refractivity contribution is -0.123. The molecule has 1 aromatic heterocycles. The largest absolute Gasteiger partial charge is 0.350 e. The van der Waals surface area contributed by atoms with E-state index in [-0.39, 0.29) is 11.8 Å². The normalized spacial score (nSPS) is 14.5. The Balaban J connectivity index is 2.44. The van der Waals surface area contributed by atoms with Crippen LogP contribution in [0.4, 0.5) is 0 Å². The van der Waals surface area contributed by atoms with Gasteiger partial charge in [0.2, 0.25) is 5.91 Å². The molecule has 5 heteroatoms. The highest BCUT2D eigenvalue weighted by atomic mass is 79.9. The molecule has 1 heterocycles. The second-order valence-corrected chi connectivity index (χ2v) is 5.68. The predicted molar refractivity (Wildman–Crippen MR) is 71.3 cm³/mol. The first-order valence-electron chi connectivity index (χ1n) is 5.31. The molecule has 2 atom stereocenters. The van der Waals surface area contributed by atoms with Gasteiger partial charge in [-0.1, -0.05) is 20.3 Å². The van der Waals surface area contributed by atoms with Gasteiger partial charge in [0.05, 0.1) is 12.6 Å². The molecule has 0 radical (unpaired) electrons. The molecule has 90 valence electrons. The molecule has 3 N–H and O–H groups in total. The third kappa shape index (κ3) is 3.57. The summed E-state index contributed by atoms with van der Waals surface area (Å²) >= 11 is 5.04. The maximum atomic E-state index is 11.7. The molecule has 0 spiro atoms. The molecule has 1 amide bonds. The van der Waals surface area contributed by atoms with Crippen LogP contribution in [0.5, 0.6) is 0 Å². The van der Waals surface area contributed by atoms with Gasteiger partial charge in [-0.05, 0) is 33.3 Å². The first-order chi connectivity index (χ1) is 7.56. The predicted octanol–water partition coefficient (Wildman–Crippen LogP) is 2.50. The zero-order chi connectivity index (χ0) is 12.1. The summed E-state index contributed by atoms with van der Waals surface area (Å²) < 4.78 is 1.04. The lowest BCUT2D eigenvalue weighted by Crippen LogP contribution is -2.44. The van der Waals surface area contributed by atoms with E-state index in [0.29, 0.717) is 6.54 Å². The summed E-state index contributed by atoms with van der Waals surface area (Å²) in [7, 11) is 0. The Morgan fingerprint density at radius 1 is 1.69 bits per heavy atom. The Morgan fingerprint density at radius 2 is 2.38 bits per heavy atom. The number of carbonyl (C=O) groups excluding carboxylic acids is 1. The molecule has 1 rings (SSSR count). The quantitative estimate of drug-likeness (QED) is 0.878. The molecular formula is C11H17BrN2OS. The van der Waals surface area contributed by atoms with E-state index in [1.54, 1.807) is 11.3 Å². The molecule has 0 aliphatic heterocycles. The van der Waals surface area contributed by atoms with Crippen LogP contribution in [-0.4, -0.2) is 11.9 Å². The van der Waals surface area contributed by atoms with Crippen LogP contribution in [-0.2, 0) is 11.3 Å². The van der Waals surface area contributed by atoms with E-state index in [1.807, 2.05) is 25.3 Å². The van der Waals surface area contributed by atoms with Gasteiger partial charge in [-0.25, -0.2) is 0 Å². The van der Waals surface area contributed by atoms with Crippen molar-refractivity contribution in [1.29, 1.82) is 0 Å². The highest BCUT2D eigenvalue weighted by Gasteiger charge is 2.19. The number of nitrogens with two attached hydrogens (primary N) is 1. The van der Waals surface area contributed by atoms with Gasteiger partial charge in [0, 0.05) is 9.35 Å². The van der Waals surface area contributed by atoms with E-state index in [4.69, 9.17) is 5.73 Å². The number of hydrogen-bond acceptors (Lipinski definition) is 3. The maximum absolute atomic E-state index is 11.7. The van der Waals surface area contributed by atoms with Crippen molar-refractivity contribution in [3.63, 3.8) is 0 Å². The van der Waals surface area contributed by atoms with Crippen LogP contribution in [0, 0.1) is 5.92 Å². The lowest BCUT2D eigenvalue weighted by atomic mass is 9.99. The highest BCUT2D eigenvalue weighted by molar-refractivity contribution is 9.10. The number of thiophene rings is 1. The van der Waals surface area contributed by atoms with Crippen molar-refractivity contribution in [3.05, 3.63) is 20.8 Å². The minimum Gasteiger partial charge on any atom is -0.350 e. The van der Waals surface area contributed by atoms with Crippen molar-refractivity contribution < 1.29 is 4.79 Å². The minimum absolute atomic E-state index is 0.0744. The molecule has 0 aliphatic carbocycles. The second kappa shape index (κ2) is 6.37. The lowest BCUT2D eigenvalue weighted by Gasteiger charge is -2.17. The molecule has 0 aliphatic rings. The van der Waals surface area contributed by atoms with E-state index in [1.165, 1.54) is 0 Å². The molecule has 0 fully saturated rings. The monoisotopic (exact) mass is 304 g/mol. The number of halogens is 1. The van der Waals surface area contributed by atoms with Gasteiger partial charge < -0.3 is 11.1 Å². The first kappa shape index (κ1) is 13.7. The molecule has 16 heavy (non-hydrogen) atoms. The van der Waals surface area contributed by atoms with E-state index in [9.17, 15) is 4.79 Å². The fraction of sp³-hybridized carbons (Fsp3) is 0.545. The summed E-state index contributed by atoms with van der Waals surface area (Å²) in [6.07, 6.45) is 0.914. The number of hydrogen-bond donors (Lipinski definition) is 2. The maximum Gasteiger partial charge on any atom is 0.237 e. The van der Waals surface area contributed by atoms with Crippen LogP contribution in [0.3, 0.4) is 0 Å². The van der Waals surface area contributed by atoms with E-state index >= 15 is 0 Å². The van der Waals surface area contributed by atoms with Crippen molar-refractivity contribution in [2.24, 2.45) is 11.7 Å². The molecule has 0 saturated carbocycles. The van der Waals surface area contributed by atoms with E-state index in [0.717, 1.165) is 15.8 Å². The van der Waals surface area contributed by atoms with Crippen molar-refractivity contribution in [2.45, 2.75) is 32.9 Å². The van der Waals surface area contributed by atoms with Crippen LogP contribution >= 0.6 is 27.3 Å². The summed E-state index contributed by atoms with van der Waals surface area (Å²) in [4.78, 5) is 12.8. The molecule has 0 saturated heterocycles. The van der Waals surface area contributed by atoms with Gasteiger partial charge in [0.25, 0.3) is 0 Å². The third-order valence-electron chi connectivity index (χ3n) is 2.67. The topological polar surface area (TPSA) is 55.1 Å². The van der Waals surface area contributed by atoms with Gasteiger partial charge >= 0.3 is 0 Å². The number of rotatable bonds is 5. The van der Waals surface area contributed by atoms with Crippen molar-refractivity contribution in [3.8, 4) is 0 Å².